The summed E-state index contributed by atoms with van der Waals surface area (Å²) < 4.78 is 12.9. The molecule has 0 fully saturated rings. The molecule has 4 nitrogen and oxygen atoms in total. The van der Waals surface area contributed by atoms with Gasteiger partial charge in [-0.25, -0.2) is 4.39 Å². The molecule has 0 spiro atoms. The highest BCUT2D eigenvalue weighted by Crippen LogP contribution is 2.23. The fraction of sp³-hybridized carbons (Fsp3) is 0.222. The van der Waals surface area contributed by atoms with Gasteiger partial charge in [-0.3, -0.25) is 0 Å². The first kappa shape index (κ1) is 11.8. The highest BCUT2D eigenvalue weighted by atomic mass is 32.2. The zero-order valence-electron chi connectivity index (χ0n) is 7.85. The Kier molecular flexibility index (Phi) is 4.38. The van der Waals surface area contributed by atoms with Crippen LogP contribution in [0.3, 0.4) is 0 Å². The van der Waals surface area contributed by atoms with Crippen LogP contribution in [0.15, 0.2) is 28.3 Å². The normalized spacial score (nSPS) is 11.7. The van der Waals surface area contributed by atoms with Crippen molar-refractivity contribution in [1.82, 2.24) is 0 Å². The summed E-state index contributed by atoms with van der Waals surface area (Å²) in [6, 6.07) is 4.01. The molecule has 0 amide bonds. The molecule has 0 unspecified atom stereocenters. The summed E-state index contributed by atoms with van der Waals surface area (Å²) in [6.45, 7) is 0.0116. The van der Waals surface area contributed by atoms with Gasteiger partial charge in [0.2, 0.25) is 0 Å². The average Bonchev–Trinajstić information content (AvgIpc) is 2.26. The predicted molar refractivity (Wildman–Crippen MR) is 56.7 cm³/mol. The summed E-state index contributed by atoms with van der Waals surface area (Å²) in [5, 5.41) is 20.0. The third-order valence-electron chi connectivity index (χ3n) is 1.67. The number of aliphatic hydroxyl groups excluding tert-OH is 1. The summed E-state index contributed by atoms with van der Waals surface area (Å²) in [7, 11) is 0. The Bertz CT molecular complexity index is 371. The number of nitrogens with zero attached hydrogens (tertiary/aromatic N) is 1. The van der Waals surface area contributed by atoms with E-state index in [4.69, 9.17) is 16.0 Å². The van der Waals surface area contributed by atoms with E-state index in [1.165, 1.54) is 30.0 Å². The number of halogens is 1. The van der Waals surface area contributed by atoms with Crippen molar-refractivity contribution in [3.8, 4) is 0 Å². The van der Waals surface area contributed by atoms with Gasteiger partial charge in [0.25, 0.3) is 0 Å². The van der Waals surface area contributed by atoms with Crippen molar-refractivity contribution in [3.05, 3.63) is 29.6 Å². The maximum absolute atomic E-state index is 12.9. The number of thioether (sulfide) groups is 1. The molecule has 0 radical (unpaired) electrons. The van der Waals surface area contributed by atoms with Gasteiger partial charge in [0, 0.05) is 16.2 Å². The van der Waals surface area contributed by atoms with Crippen molar-refractivity contribution in [2.75, 3.05) is 12.4 Å². The minimum atomic E-state index is -0.454. The Morgan fingerprint density at radius 3 is 2.87 bits per heavy atom. The van der Waals surface area contributed by atoms with E-state index < -0.39 is 5.82 Å². The Hall–Kier alpha value is -1.27. The van der Waals surface area contributed by atoms with Gasteiger partial charge in [0.05, 0.1) is 6.61 Å². The molecule has 0 aliphatic carbocycles. The first-order valence-corrected chi connectivity index (χ1v) is 5.18. The Morgan fingerprint density at radius 1 is 1.53 bits per heavy atom. The molecular formula is C9H11FN2O2S. The molecular weight excluding hydrogens is 219 g/mol. The molecule has 0 aliphatic rings. The molecule has 0 atom stereocenters. The van der Waals surface area contributed by atoms with Gasteiger partial charge in [-0.05, 0) is 18.2 Å². The number of amidine groups is 1. The van der Waals surface area contributed by atoms with Crippen molar-refractivity contribution in [3.63, 3.8) is 0 Å². The molecule has 0 saturated carbocycles. The maximum atomic E-state index is 12.9. The molecule has 0 saturated heterocycles. The summed E-state index contributed by atoms with van der Waals surface area (Å²) in [4.78, 5) is 0.667. The molecule has 0 aliphatic heterocycles. The van der Waals surface area contributed by atoms with Crippen molar-refractivity contribution in [2.45, 2.75) is 4.90 Å². The van der Waals surface area contributed by atoms with E-state index in [1.807, 2.05) is 0 Å². The second-order valence-electron chi connectivity index (χ2n) is 2.70. The Labute approximate surface area is 90.6 Å². The van der Waals surface area contributed by atoms with Crippen LogP contribution in [0, 0.1) is 5.82 Å². The zero-order chi connectivity index (χ0) is 11.3. The average molecular weight is 230 g/mol. The van der Waals surface area contributed by atoms with Gasteiger partial charge < -0.3 is 16.0 Å². The number of rotatable bonds is 4. The maximum Gasteiger partial charge on any atom is 0.171 e. The van der Waals surface area contributed by atoms with Crippen LogP contribution in [0.4, 0.5) is 4.39 Å². The standard InChI is InChI=1S/C9H11FN2O2S/c10-6-1-2-8(15-4-3-13)7(5-6)9(11)12-14/h1-2,5,13-14H,3-4H2,(H2,11,12). The van der Waals surface area contributed by atoms with Gasteiger partial charge in [0.15, 0.2) is 5.84 Å². The third-order valence-corrected chi connectivity index (χ3v) is 2.73. The molecule has 4 N–H and O–H groups in total. The predicted octanol–water partition coefficient (Wildman–Crippen LogP) is 1.00. The first-order chi connectivity index (χ1) is 7.19. The number of oxime groups is 1. The molecule has 1 rings (SSSR count). The fourth-order valence-electron chi connectivity index (χ4n) is 1.04. The number of hydrogen-bond donors (Lipinski definition) is 3. The van der Waals surface area contributed by atoms with Gasteiger partial charge in [-0.15, -0.1) is 11.8 Å². The number of aliphatic hydroxyl groups is 1. The van der Waals surface area contributed by atoms with E-state index in [2.05, 4.69) is 5.16 Å². The summed E-state index contributed by atoms with van der Waals surface area (Å²) in [5.74, 6) is -0.128. The van der Waals surface area contributed by atoms with Crippen LogP contribution in [-0.4, -0.2) is 28.5 Å². The molecule has 1 aromatic rings. The van der Waals surface area contributed by atoms with Gasteiger partial charge in [-0.2, -0.15) is 0 Å². The lowest BCUT2D eigenvalue weighted by molar-refractivity contribution is 0.318. The fourth-order valence-corrected chi connectivity index (χ4v) is 1.83. The SMILES string of the molecule is NC(=NO)c1cc(F)ccc1SCCO. The summed E-state index contributed by atoms with van der Waals surface area (Å²) in [6.07, 6.45) is 0. The topological polar surface area (TPSA) is 78.8 Å². The van der Waals surface area contributed by atoms with Crippen LogP contribution in [0.25, 0.3) is 0 Å². The molecule has 0 bridgehead atoms. The zero-order valence-corrected chi connectivity index (χ0v) is 8.67. The quantitative estimate of drug-likeness (QED) is 0.237. The van der Waals surface area contributed by atoms with Crippen LogP contribution in [0.5, 0.6) is 0 Å². The Morgan fingerprint density at radius 2 is 2.27 bits per heavy atom. The van der Waals surface area contributed by atoms with E-state index in [-0.39, 0.29) is 12.4 Å². The van der Waals surface area contributed by atoms with Gasteiger partial charge in [0.1, 0.15) is 5.82 Å². The van der Waals surface area contributed by atoms with E-state index in [0.717, 1.165) is 0 Å². The second kappa shape index (κ2) is 5.57. The van der Waals surface area contributed by atoms with Crippen molar-refractivity contribution in [1.29, 1.82) is 0 Å². The lowest BCUT2D eigenvalue weighted by Crippen LogP contribution is -2.14. The van der Waals surface area contributed by atoms with Crippen LogP contribution in [0.2, 0.25) is 0 Å². The lowest BCUT2D eigenvalue weighted by atomic mass is 10.2. The highest BCUT2D eigenvalue weighted by Gasteiger charge is 2.08. The molecule has 6 heteroatoms. The molecule has 0 heterocycles. The van der Waals surface area contributed by atoms with Gasteiger partial charge in [-0.1, -0.05) is 5.16 Å². The summed E-state index contributed by atoms with van der Waals surface area (Å²) >= 11 is 1.31. The van der Waals surface area contributed by atoms with Crippen molar-refractivity contribution < 1.29 is 14.7 Å². The number of benzene rings is 1. The van der Waals surface area contributed by atoms with E-state index in [9.17, 15) is 4.39 Å². The lowest BCUT2D eigenvalue weighted by Gasteiger charge is -2.06. The summed E-state index contributed by atoms with van der Waals surface area (Å²) in [5.41, 5.74) is 5.72. The van der Waals surface area contributed by atoms with E-state index in [1.54, 1.807) is 0 Å². The minimum Gasteiger partial charge on any atom is -0.409 e. The molecule has 0 aromatic heterocycles. The minimum absolute atomic E-state index is 0.0116. The highest BCUT2D eigenvalue weighted by molar-refractivity contribution is 7.99. The van der Waals surface area contributed by atoms with Crippen LogP contribution in [0.1, 0.15) is 5.56 Å². The molecule has 15 heavy (non-hydrogen) atoms. The monoisotopic (exact) mass is 230 g/mol. The third kappa shape index (κ3) is 3.10. The first-order valence-electron chi connectivity index (χ1n) is 4.20. The van der Waals surface area contributed by atoms with Crippen LogP contribution in [-0.2, 0) is 0 Å². The van der Waals surface area contributed by atoms with Crippen LogP contribution < -0.4 is 5.73 Å². The largest absolute Gasteiger partial charge is 0.409 e. The van der Waals surface area contributed by atoms with Crippen molar-refractivity contribution >= 4 is 17.6 Å². The Balaban J connectivity index is 3.03. The van der Waals surface area contributed by atoms with Crippen LogP contribution >= 0.6 is 11.8 Å². The number of nitrogens with two attached hydrogens (primary N) is 1. The smallest absolute Gasteiger partial charge is 0.171 e. The van der Waals surface area contributed by atoms with E-state index >= 15 is 0 Å². The van der Waals surface area contributed by atoms with Crippen molar-refractivity contribution in [2.24, 2.45) is 10.9 Å². The van der Waals surface area contributed by atoms with E-state index in [0.29, 0.717) is 16.2 Å². The second-order valence-corrected chi connectivity index (χ2v) is 3.83. The molecule has 1 aromatic carbocycles. The molecule has 82 valence electrons. The number of hydrogen-bond acceptors (Lipinski definition) is 4. The van der Waals surface area contributed by atoms with Gasteiger partial charge >= 0.3 is 0 Å².